The number of fused-ring (bicyclic) bond motifs is 1. The highest BCUT2D eigenvalue weighted by Gasteiger charge is 2.23. The van der Waals surface area contributed by atoms with E-state index in [4.69, 9.17) is 9.72 Å². The van der Waals surface area contributed by atoms with Gasteiger partial charge in [0.2, 0.25) is 11.8 Å². The summed E-state index contributed by atoms with van der Waals surface area (Å²) >= 11 is 0. The summed E-state index contributed by atoms with van der Waals surface area (Å²) in [6.07, 6.45) is 5.67. The van der Waals surface area contributed by atoms with Crippen molar-refractivity contribution in [3.63, 3.8) is 0 Å². The molecule has 7 nitrogen and oxygen atoms in total. The molecule has 0 aromatic carbocycles. The fourth-order valence-electron chi connectivity index (χ4n) is 3.42. The van der Waals surface area contributed by atoms with Gasteiger partial charge in [0.05, 0.1) is 25.0 Å². The third kappa shape index (κ3) is 4.77. The zero-order valence-corrected chi connectivity index (χ0v) is 17.4. The summed E-state index contributed by atoms with van der Waals surface area (Å²) in [6, 6.07) is 2.11. The summed E-state index contributed by atoms with van der Waals surface area (Å²) in [7, 11) is 1.61. The Balaban J connectivity index is 1.82. The van der Waals surface area contributed by atoms with Crippen LogP contribution in [0.4, 0.5) is 11.5 Å². The fraction of sp³-hybridized carbons (Fsp3) is 0.524. The van der Waals surface area contributed by atoms with Gasteiger partial charge >= 0.3 is 0 Å². The molecular weight excluding hydrogens is 354 g/mol. The van der Waals surface area contributed by atoms with Crippen molar-refractivity contribution >= 4 is 17.4 Å². The number of hydrogen-bond donors (Lipinski definition) is 1. The molecule has 0 bridgehead atoms. The SMILES string of the molecule is COc1nccnc1CN1CCCc2nc(NC(=O)CC(C)(C)C)c(C)cc21. The number of anilines is 2. The minimum absolute atomic E-state index is 0.0000110. The van der Waals surface area contributed by atoms with Gasteiger partial charge in [0.15, 0.2) is 0 Å². The molecule has 0 saturated heterocycles. The maximum absolute atomic E-state index is 12.3. The number of aromatic nitrogens is 3. The number of rotatable bonds is 5. The lowest BCUT2D eigenvalue weighted by atomic mass is 9.92. The summed E-state index contributed by atoms with van der Waals surface area (Å²) in [5, 5.41) is 2.99. The van der Waals surface area contributed by atoms with Crippen LogP contribution in [-0.2, 0) is 17.8 Å². The summed E-state index contributed by atoms with van der Waals surface area (Å²) in [5.41, 5.74) is 3.80. The highest BCUT2D eigenvalue weighted by Crippen LogP contribution is 2.31. The van der Waals surface area contributed by atoms with Gasteiger partial charge in [-0.3, -0.25) is 9.78 Å². The molecule has 7 heteroatoms. The van der Waals surface area contributed by atoms with E-state index < -0.39 is 0 Å². The molecule has 2 aromatic heterocycles. The van der Waals surface area contributed by atoms with Crippen LogP contribution in [0.5, 0.6) is 5.88 Å². The number of nitrogens with zero attached hydrogens (tertiary/aromatic N) is 4. The van der Waals surface area contributed by atoms with E-state index >= 15 is 0 Å². The highest BCUT2D eigenvalue weighted by molar-refractivity contribution is 5.91. The molecule has 150 valence electrons. The number of carbonyl (C=O) groups is 1. The molecule has 3 heterocycles. The topological polar surface area (TPSA) is 80.2 Å². The van der Waals surface area contributed by atoms with Crippen LogP contribution in [-0.4, -0.2) is 34.5 Å². The van der Waals surface area contributed by atoms with Crippen LogP contribution in [0.3, 0.4) is 0 Å². The van der Waals surface area contributed by atoms with E-state index in [2.05, 4.69) is 47.0 Å². The molecule has 0 fully saturated rings. The van der Waals surface area contributed by atoms with Gasteiger partial charge in [-0.1, -0.05) is 20.8 Å². The third-order valence-electron chi connectivity index (χ3n) is 4.67. The molecule has 0 saturated carbocycles. The second-order valence-electron chi connectivity index (χ2n) is 8.44. The van der Waals surface area contributed by atoms with E-state index in [0.717, 1.165) is 42.0 Å². The third-order valence-corrected chi connectivity index (χ3v) is 4.67. The first-order chi connectivity index (χ1) is 13.3. The fourth-order valence-corrected chi connectivity index (χ4v) is 3.42. The van der Waals surface area contributed by atoms with Crippen molar-refractivity contribution in [3.8, 4) is 5.88 Å². The van der Waals surface area contributed by atoms with E-state index in [9.17, 15) is 4.79 Å². The smallest absolute Gasteiger partial charge is 0.237 e. The quantitative estimate of drug-likeness (QED) is 0.851. The Morgan fingerprint density at radius 1 is 1.29 bits per heavy atom. The number of pyridine rings is 1. The van der Waals surface area contributed by atoms with E-state index in [1.165, 1.54) is 0 Å². The van der Waals surface area contributed by atoms with Gasteiger partial charge in [-0.25, -0.2) is 9.97 Å². The molecule has 0 radical (unpaired) electrons. The lowest BCUT2D eigenvalue weighted by Crippen LogP contribution is -2.30. The van der Waals surface area contributed by atoms with Gasteiger partial charge in [-0.2, -0.15) is 0 Å². The second-order valence-corrected chi connectivity index (χ2v) is 8.44. The van der Waals surface area contributed by atoms with Crippen LogP contribution in [0.25, 0.3) is 0 Å². The molecule has 0 atom stereocenters. The molecule has 0 aliphatic carbocycles. The molecule has 28 heavy (non-hydrogen) atoms. The Hall–Kier alpha value is -2.70. The van der Waals surface area contributed by atoms with Crippen molar-refractivity contribution in [2.24, 2.45) is 5.41 Å². The van der Waals surface area contributed by atoms with Crippen molar-refractivity contribution in [2.45, 2.75) is 53.5 Å². The normalized spacial score (nSPS) is 13.8. The van der Waals surface area contributed by atoms with Crippen molar-refractivity contribution in [1.82, 2.24) is 15.0 Å². The minimum atomic E-state index is -0.0568. The number of amides is 1. The summed E-state index contributed by atoms with van der Waals surface area (Å²) in [4.78, 5) is 28.0. The molecule has 0 spiro atoms. The average molecular weight is 383 g/mol. The van der Waals surface area contributed by atoms with Crippen LogP contribution < -0.4 is 15.0 Å². The van der Waals surface area contributed by atoms with E-state index in [-0.39, 0.29) is 11.3 Å². The zero-order valence-electron chi connectivity index (χ0n) is 17.4. The number of carbonyl (C=O) groups excluding carboxylic acids is 1. The first-order valence-corrected chi connectivity index (χ1v) is 9.66. The van der Waals surface area contributed by atoms with Gasteiger partial charge in [0, 0.05) is 25.4 Å². The monoisotopic (exact) mass is 383 g/mol. The lowest BCUT2D eigenvalue weighted by molar-refractivity contribution is -0.117. The minimum Gasteiger partial charge on any atom is -0.480 e. The van der Waals surface area contributed by atoms with Crippen molar-refractivity contribution in [1.29, 1.82) is 0 Å². The van der Waals surface area contributed by atoms with Gasteiger partial charge in [-0.05, 0) is 36.8 Å². The molecule has 1 aliphatic rings. The highest BCUT2D eigenvalue weighted by atomic mass is 16.5. The number of ether oxygens (including phenoxy) is 1. The maximum Gasteiger partial charge on any atom is 0.237 e. The van der Waals surface area contributed by atoms with Crippen LogP contribution in [0.2, 0.25) is 0 Å². The van der Waals surface area contributed by atoms with E-state index in [1.807, 2.05) is 6.92 Å². The van der Waals surface area contributed by atoms with Gasteiger partial charge in [0.1, 0.15) is 11.5 Å². The van der Waals surface area contributed by atoms with Gasteiger partial charge in [-0.15, -0.1) is 0 Å². The number of nitrogens with one attached hydrogen (secondary N) is 1. The Morgan fingerprint density at radius 3 is 2.75 bits per heavy atom. The lowest BCUT2D eigenvalue weighted by Gasteiger charge is -2.31. The Labute approximate surface area is 166 Å². The number of methoxy groups -OCH3 is 1. The first kappa shape index (κ1) is 20.0. The van der Waals surface area contributed by atoms with E-state index in [0.29, 0.717) is 24.7 Å². The summed E-state index contributed by atoms with van der Waals surface area (Å²) in [5.74, 6) is 1.21. The van der Waals surface area contributed by atoms with E-state index in [1.54, 1.807) is 19.5 Å². The van der Waals surface area contributed by atoms with Gasteiger partial charge < -0.3 is 15.0 Å². The first-order valence-electron chi connectivity index (χ1n) is 9.66. The molecular formula is C21H29N5O2. The van der Waals surface area contributed by atoms with Crippen LogP contribution in [0, 0.1) is 12.3 Å². The molecule has 1 amide bonds. The number of hydrogen-bond acceptors (Lipinski definition) is 6. The van der Waals surface area contributed by atoms with Crippen molar-refractivity contribution < 1.29 is 9.53 Å². The van der Waals surface area contributed by atoms with Crippen LogP contribution in [0.15, 0.2) is 18.5 Å². The van der Waals surface area contributed by atoms with Crippen LogP contribution >= 0.6 is 0 Å². The largest absolute Gasteiger partial charge is 0.480 e. The second kappa shape index (κ2) is 8.12. The van der Waals surface area contributed by atoms with Crippen LogP contribution in [0.1, 0.15) is 50.6 Å². The van der Waals surface area contributed by atoms with Gasteiger partial charge in [0.25, 0.3) is 0 Å². The predicted octanol–water partition coefficient (Wildman–Crippen LogP) is 3.52. The average Bonchev–Trinajstić information content (AvgIpc) is 2.62. The zero-order chi connectivity index (χ0) is 20.3. The summed E-state index contributed by atoms with van der Waals surface area (Å²) < 4.78 is 5.34. The Morgan fingerprint density at radius 2 is 2.04 bits per heavy atom. The molecule has 1 N–H and O–H groups in total. The Kier molecular flexibility index (Phi) is 5.82. The van der Waals surface area contributed by atoms with Crippen molar-refractivity contribution in [2.75, 3.05) is 23.9 Å². The predicted molar refractivity (Wildman–Crippen MR) is 110 cm³/mol. The standard InChI is InChI=1S/C21H29N5O2/c1-14-11-17-15(24-19(14)25-18(27)12-21(2,3)4)7-6-10-26(17)13-16-20(28-5)23-9-8-22-16/h8-9,11H,6-7,10,12-13H2,1-5H3,(H,24,25,27). The molecule has 3 rings (SSSR count). The maximum atomic E-state index is 12.3. The molecule has 2 aromatic rings. The number of aryl methyl sites for hydroxylation is 2. The Bertz CT molecular complexity index is 860. The van der Waals surface area contributed by atoms with Crippen molar-refractivity contribution in [3.05, 3.63) is 35.4 Å². The molecule has 0 unspecified atom stereocenters. The molecule has 1 aliphatic heterocycles. The summed E-state index contributed by atoms with van der Waals surface area (Å²) in [6.45, 7) is 9.68.